The number of phenols is 1. The first-order valence-electron chi connectivity index (χ1n) is 5.81. The minimum absolute atomic E-state index is 0.131. The van der Waals surface area contributed by atoms with Crippen molar-refractivity contribution in [2.75, 3.05) is 7.11 Å². The molecular weight excluding hydrogens is 296 g/mol. The van der Waals surface area contributed by atoms with Crippen molar-refractivity contribution < 1.29 is 27.6 Å². The molecule has 0 atom stereocenters. The Balaban J connectivity index is 2.67. The standard InChI is InChI=1S/C14H12O6S/c1-20-14-6-10(8-15)12(7-13(14)16)9-3-2-4-11(5-9)21(17,18)19/h2-8,16H,1H3,(H,17,18,19). The molecule has 2 N–H and O–H groups in total. The van der Waals surface area contributed by atoms with Crippen LogP contribution in [0.25, 0.3) is 11.1 Å². The van der Waals surface area contributed by atoms with Gasteiger partial charge in [-0.2, -0.15) is 8.42 Å². The first kappa shape index (κ1) is 15.0. The van der Waals surface area contributed by atoms with Crippen molar-refractivity contribution in [1.29, 1.82) is 0 Å². The van der Waals surface area contributed by atoms with Gasteiger partial charge in [0.05, 0.1) is 12.0 Å². The van der Waals surface area contributed by atoms with Crippen LogP contribution >= 0.6 is 0 Å². The predicted molar refractivity (Wildman–Crippen MR) is 75.3 cm³/mol. The fourth-order valence-corrected chi connectivity index (χ4v) is 2.45. The molecule has 0 unspecified atom stereocenters. The average Bonchev–Trinajstić information content (AvgIpc) is 2.46. The molecule has 0 saturated heterocycles. The second kappa shape index (κ2) is 5.55. The minimum atomic E-state index is -4.35. The highest BCUT2D eigenvalue weighted by molar-refractivity contribution is 7.85. The number of hydrogen-bond donors (Lipinski definition) is 2. The van der Waals surface area contributed by atoms with E-state index in [1.165, 1.54) is 37.4 Å². The Hall–Kier alpha value is -2.38. The highest BCUT2D eigenvalue weighted by Crippen LogP contribution is 2.34. The van der Waals surface area contributed by atoms with Crippen LogP contribution in [0.4, 0.5) is 0 Å². The number of rotatable bonds is 4. The molecule has 0 aliphatic rings. The number of aromatic hydroxyl groups is 1. The maximum atomic E-state index is 11.2. The molecule has 0 amide bonds. The summed E-state index contributed by atoms with van der Waals surface area (Å²) in [4.78, 5) is 10.9. The van der Waals surface area contributed by atoms with Crippen molar-refractivity contribution in [2.45, 2.75) is 4.90 Å². The van der Waals surface area contributed by atoms with Gasteiger partial charge in [-0.25, -0.2) is 0 Å². The Morgan fingerprint density at radius 2 is 1.90 bits per heavy atom. The van der Waals surface area contributed by atoms with Gasteiger partial charge in [-0.1, -0.05) is 12.1 Å². The lowest BCUT2D eigenvalue weighted by Crippen LogP contribution is -1.98. The van der Waals surface area contributed by atoms with Crippen molar-refractivity contribution in [1.82, 2.24) is 0 Å². The summed E-state index contributed by atoms with van der Waals surface area (Å²) in [5.41, 5.74) is 0.913. The van der Waals surface area contributed by atoms with Gasteiger partial charge in [-0.3, -0.25) is 9.35 Å². The topological polar surface area (TPSA) is 101 Å². The SMILES string of the molecule is COc1cc(C=O)c(-c2cccc(S(=O)(=O)O)c2)cc1O. The van der Waals surface area contributed by atoms with Crippen molar-refractivity contribution >= 4 is 16.4 Å². The summed E-state index contributed by atoms with van der Waals surface area (Å²) < 4.78 is 36.3. The van der Waals surface area contributed by atoms with Crippen LogP contribution in [0, 0.1) is 0 Å². The summed E-state index contributed by atoms with van der Waals surface area (Å²) in [6.07, 6.45) is 0.567. The first-order chi connectivity index (χ1) is 9.86. The van der Waals surface area contributed by atoms with Crippen LogP contribution in [-0.2, 0) is 10.1 Å². The quantitative estimate of drug-likeness (QED) is 0.663. The summed E-state index contributed by atoms with van der Waals surface area (Å²) in [6.45, 7) is 0. The number of carbonyl (C=O) groups is 1. The monoisotopic (exact) mass is 308 g/mol. The third kappa shape index (κ3) is 3.04. The molecule has 0 bridgehead atoms. The van der Waals surface area contributed by atoms with Gasteiger partial charge in [0.1, 0.15) is 0 Å². The van der Waals surface area contributed by atoms with E-state index in [1.54, 1.807) is 6.07 Å². The van der Waals surface area contributed by atoms with Crippen molar-refractivity contribution in [3.63, 3.8) is 0 Å². The molecular formula is C14H12O6S. The lowest BCUT2D eigenvalue weighted by Gasteiger charge is -2.10. The van der Waals surface area contributed by atoms with Crippen LogP contribution in [0.1, 0.15) is 10.4 Å². The molecule has 0 aromatic heterocycles. The number of ether oxygens (including phenoxy) is 1. The van der Waals surface area contributed by atoms with E-state index in [-0.39, 0.29) is 22.0 Å². The van der Waals surface area contributed by atoms with Gasteiger partial charge in [0.2, 0.25) is 0 Å². The molecule has 0 saturated carbocycles. The molecule has 6 nitrogen and oxygen atoms in total. The van der Waals surface area contributed by atoms with Crippen LogP contribution in [0.5, 0.6) is 11.5 Å². The summed E-state index contributed by atoms with van der Waals surface area (Å²) in [5, 5.41) is 9.79. The van der Waals surface area contributed by atoms with Gasteiger partial charge in [0, 0.05) is 5.56 Å². The van der Waals surface area contributed by atoms with Crippen LogP contribution in [-0.4, -0.2) is 31.5 Å². The lowest BCUT2D eigenvalue weighted by molar-refractivity contribution is 0.112. The number of methoxy groups -OCH3 is 1. The highest BCUT2D eigenvalue weighted by atomic mass is 32.2. The van der Waals surface area contributed by atoms with Gasteiger partial charge in [0.25, 0.3) is 10.1 Å². The fourth-order valence-electron chi connectivity index (χ4n) is 1.92. The van der Waals surface area contributed by atoms with Gasteiger partial charge >= 0.3 is 0 Å². The van der Waals surface area contributed by atoms with Crippen LogP contribution < -0.4 is 4.74 Å². The van der Waals surface area contributed by atoms with E-state index in [4.69, 9.17) is 9.29 Å². The summed E-state index contributed by atoms with van der Waals surface area (Å²) in [6, 6.07) is 8.06. The Morgan fingerprint density at radius 1 is 1.19 bits per heavy atom. The molecule has 0 heterocycles. The lowest BCUT2D eigenvalue weighted by atomic mass is 9.99. The van der Waals surface area contributed by atoms with E-state index >= 15 is 0 Å². The molecule has 2 aromatic carbocycles. The zero-order chi connectivity index (χ0) is 15.6. The number of benzene rings is 2. The number of aldehydes is 1. The van der Waals surface area contributed by atoms with Gasteiger partial charge in [-0.05, 0) is 35.4 Å². The maximum absolute atomic E-state index is 11.2. The van der Waals surface area contributed by atoms with E-state index < -0.39 is 10.1 Å². The van der Waals surface area contributed by atoms with Crippen molar-refractivity contribution in [3.8, 4) is 22.6 Å². The molecule has 0 radical (unpaired) electrons. The second-order valence-corrected chi connectivity index (χ2v) is 5.65. The molecule has 0 aliphatic carbocycles. The van der Waals surface area contributed by atoms with E-state index in [2.05, 4.69) is 0 Å². The molecule has 110 valence electrons. The summed E-state index contributed by atoms with van der Waals surface area (Å²) >= 11 is 0. The maximum Gasteiger partial charge on any atom is 0.294 e. The van der Waals surface area contributed by atoms with Crippen molar-refractivity contribution in [3.05, 3.63) is 42.0 Å². The smallest absolute Gasteiger partial charge is 0.294 e. The first-order valence-corrected chi connectivity index (χ1v) is 7.25. The third-order valence-corrected chi connectivity index (χ3v) is 3.77. The number of hydrogen-bond acceptors (Lipinski definition) is 5. The van der Waals surface area contributed by atoms with Crippen molar-refractivity contribution in [2.24, 2.45) is 0 Å². The molecule has 21 heavy (non-hydrogen) atoms. The zero-order valence-electron chi connectivity index (χ0n) is 11.0. The van der Waals surface area contributed by atoms with Crippen LogP contribution in [0.2, 0.25) is 0 Å². The van der Waals surface area contributed by atoms with Crippen LogP contribution in [0.3, 0.4) is 0 Å². The summed E-state index contributed by atoms with van der Waals surface area (Å²) in [7, 11) is -3.00. The van der Waals surface area contributed by atoms with Gasteiger partial charge < -0.3 is 9.84 Å². The largest absolute Gasteiger partial charge is 0.504 e. The minimum Gasteiger partial charge on any atom is -0.504 e. The average molecular weight is 308 g/mol. The van der Waals surface area contributed by atoms with Crippen LogP contribution in [0.15, 0.2) is 41.3 Å². The Labute approximate surface area is 121 Å². The summed E-state index contributed by atoms with van der Waals surface area (Å²) in [5.74, 6) is -0.0536. The van der Waals surface area contributed by atoms with E-state index in [9.17, 15) is 18.3 Å². The fraction of sp³-hybridized carbons (Fsp3) is 0.0714. The number of phenolic OH excluding ortho intramolecular Hbond substituents is 1. The van der Waals surface area contributed by atoms with E-state index in [0.717, 1.165) is 0 Å². The molecule has 2 rings (SSSR count). The molecule has 2 aromatic rings. The normalized spacial score (nSPS) is 11.1. The molecule has 0 fully saturated rings. The molecule has 7 heteroatoms. The van der Waals surface area contributed by atoms with Gasteiger partial charge in [-0.15, -0.1) is 0 Å². The Morgan fingerprint density at radius 3 is 2.48 bits per heavy atom. The van der Waals surface area contributed by atoms with E-state index in [1.807, 2.05) is 0 Å². The zero-order valence-corrected chi connectivity index (χ0v) is 11.8. The second-order valence-electron chi connectivity index (χ2n) is 4.23. The Kier molecular flexibility index (Phi) is 3.97. The highest BCUT2D eigenvalue weighted by Gasteiger charge is 2.14. The number of carbonyl (C=O) groups excluding carboxylic acids is 1. The van der Waals surface area contributed by atoms with E-state index in [0.29, 0.717) is 17.4 Å². The van der Waals surface area contributed by atoms with Gasteiger partial charge in [0.15, 0.2) is 17.8 Å². The molecule has 0 aliphatic heterocycles. The predicted octanol–water partition coefficient (Wildman–Crippen LogP) is 2.13. The Bertz CT molecular complexity index is 795. The third-order valence-electron chi connectivity index (χ3n) is 2.92. The molecule has 0 spiro atoms.